The molecule has 0 bridgehead atoms. The van der Waals surface area contributed by atoms with Gasteiger partial charge < -0.3 is 10.4 Å². The topological polar surface area (TPSA) is 39.0 Å². The number of rotatable bonds is 4. The Morgan fingerprint density at radius 1 is 1.07 bits per heavy atom. The maximum absolute atomic E-state index is 13.9. The molecule has 0 aliphatic heterocycles. The molecular formula is C21H16ClFN2OS. The van der Waals surface area contributed by atoms with Crippen molar-refractivity contribution in [3.8, 4) is 0 Å². The number of benzene rings is 2. The maximum atomic E-state index is 13.9. The average molecular weight is 399 g/mol. The average Bonchev–Trinajstić information content (AvgIpc) is 2.66. The zero-order valence-corrected chi connectivity index (χ0v) is 16.0. The summed E-state index contributed by atoms with van der Waals surface area (Å²) in [5.74, 6) is -0.684. The van der Waals surface area contributed by atoms with Crippen LogP contribution in [-0.4, -0.2) is 4.99 Å². The summed E-state index contributed by atoms with van der Waals surface area (Å²) in [7, 11) is 0. The van der Waals surface area contributed by atoms with Crippen LogP contribution in [0, 0.1) is 12.7 Å². The van der Waals surface area contributed by atoms with Gasteiger partial charge in [-0.25, -0.2) is 4.39 Å². The van der Waals surface area contributed by atoms with Crippen LogP contribution in [0.5, 0.6) is 0 Å². The number of nitrogens with zero attached hydrogens (tertiary/aromatic N) is 1. The standard InChI is InChI=1S/C21H16ClFN2OS/c1-14-9-10-15(13-18(14)23)24-21(27)19(25-11-5-2-6-12-25)20(26)16-7-3-4-8-17(16)22/h2-13H,1H3,(H-,24,26,27). The van der Waals surface area contributed by atoms with Crippen molar-refractivity contribution in [1.82, 2.24) is 0 Å². The summed E-state index contributed by atoms with van der Waals surface area (Å²) in [4.78, 5) is 0.166. The first-order valence-corrected chi connectivity index (χ1v) is 8.96. The van der Waals surface area contributed by atoms with E-state index in [9.17, 15) is 9.50 Å². The van der Waals surface area contributed by atoms with E-state index >= 15 is 0 Å². The molecule has 0 unspecified atom stereocenters. The third-order valence-electron chi connectivity index (χ3n) is 3.95. The van der Waals surface area contributed by atoms with Crippen molar-refractivity contribution in [3.63, 3.8) is 0 Å². The molecule has 27 heavy (non-hydrogen) atoms. The molecule has 0 saturated heterocycles. The molecule has 0 aliphatic rings. The normalized spacial score (nSPS) is 11.7. The van der Waals surface area contributed by atoms with Gasteiger partial charge in [-0.2, -0.15) is 4.57 Å². The number of aromatic nitrogens is 1. The molecule has 0 radical (unpaired) electrons. The number of halogens is 2. The molecule has 1 N–H and O–H groups in total. The first-order valence-electron chi connectivity index (χ1n) is 8.17. The number of nitrogens with one attached hydrogen (secondary N) is 1. The second-order valence-electron chi connectivity index (χ2n) is 5.86. The highest BCUT2D eigenvalue weighted by molar-refractivity contribution is 7.81. The summed E-state index contributed by atoms with van der Waals surface area (Å²) in [6.45, 7) is 1.68. The van der Waals surface area contributed by atoms with E-state index in [2.05, 4.69) is 5.32 Å². The highest BCUT2D eigenvalue weighted by Crippen LogP contribution is 2.24. The third-order valence-corrected chi connectivity index (χ3v) is 4.58. The van der Waals surface area contributed by atoms with Crippen molar-refractivity contribution in [1.29, 1.82) is 0 Å². The fourth-order valence-corrected chi connectivity index (χ4v) is 3.06. The Morgan fingerprint density at radius 2 is 1.78 bits per heavy atom. The van der Waals surface area contributed by atoms with Gasteiger partial charge in [0.2, 0.25) is 5.70 Å². The van der Waals surface area contributed by atoms with Crippen molar-refractivity contribution in [2.45, 2.75) is 6.92 Å². The van der Waals surface area contributed by atoms with Gasteiger partial charge in [-0.05, 0) is 42.0 Å². The molecule has 0 amide bonds. The van der Waals surface area contributed by atoms with Crippen LogP contribution >= 0.6 is 23.8 Å². The van der Waals surface area contributed by atoms with Crippen LogP contribution in [0.15, 0.2) is 73.1 Å². The zero-order chi connectivity index (χ0) is 19.4. The van der Waals surface area contributed by atoms with Gasteiger partial charge >= 0.3 is 0 Å². The van der Waals surface area contributed by atoms with Gasteiger partial charge in [-0.15, -0.1) is 0 Å². The molecule has 1 aromatic heterocycles. The Hall–Kier alpha value is -2.76. The monoisotopic (exact) mass is 398 g/mol. The number of pyridine rings is 1. The summed E-state index contributed by atoms with van der Waals surface area (Å²) in [5.41, 5.74) is 1.55. The smallest absolute Gasteiger partial charge is 0.238 e. The molecule has 6 heteroatoms. The van der Waals surface area contributed by atoms with E-state index in [1.54, 1.807) is 72.4 Å². The third kappa shape index (κ3) is 4.32. The number of thiocarbonyl (C=S) groups is 1. The Labute approximate surface area is 167 Å². The van der Waals surface area contributed by atoms with E-state index in [-0.39, 0.29) is 22.3 Å². The highest BCUT2D eigenvalue weighted by atomic mass is 35.5. The van der Waals surface area contributed by atoms with Gasteiger partial charge in [0.15, 0.2) is 17.4 Å². The van der Waals surface area contributed by atoms with Crippen molar-refractivity contribution < 1.29 is 14.1 Å². The Balaban J connectivity index is 2.07. The van der Waals surface area contributed by atoms with Gasteiger partial charge in [0.25, 0.3) is 0 Å². The lowest BCUT2D eigenvalue weighted by molar-refractivity contribution is -0.577. The van der Waals surface area contributed by atoms with Crippen LogP contribution in [0.1, 0.15) is 11.1 Å². The lowest BCUT2D eigenvalue weighted by Gasteiger charge is -2.18. The van der Waals surface area contributed by atoms with Crippen LogP contribution in [0.4, 0.5) is 10.1 Å². The summed E-state index contributed by atoms with van der Waals surface area (Å²) in [5, 5.41) is 16.5. The van der Waals surface area contributed by atoms with Gasteiger partial charge in [0.1, 0.15) is 5.82 Å². The predicted octanol–water partition coefficient (Wildman–Crippen LogP) is 4.20. The van der Waals surface area contributed by atoms with Gasteiger partial charge in [-0.3, -0.25) is 0 Å². The number of anilines is 1. The number of hydrogen-bond donors (Lipinski definition) is 1. The number of hydrogen-bond acceptors (Lipinski definition) is 2. The Bertz CT molecular complexity index is 1020. The molecule has 3 aromatic rings. The quantitative estimate of drug-likeness (QED) is 0.310. The lowest BCUT2D eigenvalue weighted by Crippen LogP contribution is -2.39. The van der Waals surface area contributed by atoms with Crippen molar-refractivity contribution >= 4 is 46.0 Å². The van der Waals surface area contributed by atoms with Crippen molar-refractivity contribution in [3.05, 3.63) is 95.0 Å². The molecule has 2 aromatic carbocycles. The van der Waals surface area contributed by atoms with Gasteiger partial charge in [0.05, 0.1) is 0 Å². The van der Waals surface area contributed by atoms with Gasteiger partial charge in [-0.1, -0.05) is 54.2 Å². The molecule has 1 heterocycles. The van der Waals surface area contributed by atoms with E-state index in [4.69, 9.17) is 23.8 Å². The predicted molar refractivity (Wildman–Crippen MR) is 109 cm³/mol. The fraction of sp³-hybridized carbons (Fsp3) is 0.0476. The highest BCUT2D eigenvalue weighted by Gasteiger charge is 2.19. The fourth-order valence-electron chi connectivity index (χ4n) is 2.52. The molecule has 0 atom stereocenters. The van der Waals surface area contributed by atoms with E-state index in [1.165, 1.54) is 6.07 Å². The summed E-state index contributed by atoms with van der Waals surface area (Å²) < 4.78 is 15.5. The Kier molecular flexibility index (Phi) is 5.84. The molecule has 0 aliphatic carbocycles. The number of aryl methyl sites for hydroxylation is 1. The van der Waals surface area contributed by atoms with Crippen molar-refractivity contribution in [2.75, 3.05) is 5.32 Å². The van der Waals surface area contributed by atoms with E-state index < -0.39 is 0 Å². The van der Waals surface area contributed by atoms with Crippen LogP contribution in [0.25, 0.3) is 11.5 Å². The minimum absolute atomic E-state index is 0.166. The summed E-state index contributed by atoms with van der Waals surface area (Å²) >= 11 is 11.7. The molecule has 3 nitrogen and oxygen atoms in total. The molecule has 3 rings (SSSR count). The van der Waals surface area contributed by atoms with Crippen LogP contribution < -0.4 is 15.0 Å². The molecular weight excluding hydrogens is 383 g/mol. The molecule has 0 saturated carbocycles. The van der Waals surface area contributed by atoms with Crippen LogP contribution in [0.3, 0.4) is 0 Å². The van der Waals surface area contributed by atoms with E-state index in [1.807, 2.05) is 6.07 Å². The second kappa shape index (κ2) is 8.29. The first kappa shape index (κ1) is 19.0. The molecule has 136 valence electrons. The summed E-state index contributed by atoms with van der Waals surface area (Å²) in [6.07, 6.45) is 3.43. The van der Waals surface area contributed by atoms with Crippen LogP contribution in [0.2, 0.25) is 5.02 Å². The molecule has 0 spiro atoms. The van der Waals surface area contributed by atoms with Crippen LogP contribution in [-0.2, 0) is 0 Å². The zero-order valence-electron chi connectivity index (χ0n) is 14.4. The Morgan fingerprint density at radius 3 is 2.44 bits per heavy atom. The largest absolute Gasteiger partial charge is 0.867 e. The SMILES string of the molecule is Cc1ccc(NC(=S)C(=C([O-])c2ccccc2Cl)[n+]2ccccc2)cc1F. The minimum Gasteiger partial charge on any atom is -0.867 e. The van der Waals surface area contributed by atoms with Crippen molar-refractivity contribution in [2.24, 2.45) is 0 Å². The van der Waals surface area contributed by atoms with Gasteiger partial charge in [0, 0.05) is 22.8 Å². The lowest BCUT2D eigenvalue weighted by atomic mass is 10.1. The first-order chi connectivity index (χ1) is 13.0. The second-order valence-corrected chi connectivity index (χ2v) is 6.67. The van der Waals surface area contributed by atoms with E-state index in [0.717, 1.165) is 0 Å². The molecule has 0 fully saturated rings. The summed E-state index contributed by atoms with van der Waals surface area (Å²) in [6, 6.07) is 16.9. The van der Waals surface area contributed by atoms with E-state index in [0.29, 0.717) is 21.8 Å². The minimum atomic E-state index is -0.353. The maximum Gasteiger partial charge on any atom is 0.238 e.